The van der Waals surface area contributed by atoms with Gasteiger partial charge < -0.3 is 9.15 Å². The second kappa shape index (κ2) is 5.92. The van der Waals surface area contributed by atoms with Crippen LogP contribution in [0.15, 0.2) is 16.5 Å². The molecule has 2 atom stereocenters. The molecule has 1 aromatic rings. The fraction of sp³-hybridized carbons (Fsp3) is 0.706. The third-order valence-corrected chi connectivity index (χ3v) is 5.28. The zero-order valence-electron chi connectivity index (χ0n) is 13.6. The predicted molar refractivity (Wildman–Crippen MR) is 82.4 cm³/mol. The molecule has 23 heavy (non-hydrogen) atoms. The fourth-order valence-electron chi connectivity index (χ4n) is 4.12. The fourth-order valence-corrected chi connectivity index (χ4v) is 4.12. The first-order valence-electron chi connectivity index (χ1n) is 8.51. The van der Waals surface area contributed by atoms with Gasteiger partial charge in [0, 0.05) is 19.7 Å². The average molecular weight is 320 g/mol. The van der Waals surface area contributed by atoms with E-state index in [1.54, 1.807) is 5.06 Å². The number of hydroxylamine groups is 2. The summed E-state index contributed by atoms with van der Waals surface area (Å²) in [6, 6.07) is 4.00. The molecule has 6 heteroatoms. The van der Waals surface area contributed by atoms with Gasteiger partial charge in [0.25, 0.3) is 5.91 Å². The van der Waals surface area contributed by atoms with Crippen LogP contribution < -0.4 is 0 Å². The molecule has 0 radical (unpaired) electrons. The Morgan fingerprint density at radius 2 is 2.26 bits per heavy atom. The van der Waals surface area contributed by atoms with Gasteiger partial charge in [-0.1, -0.05) is 0 Å². The number of piperidine rings is 1. The van der Waals surface area contributed by atoms with E-state index in [2.05, 4.69) is 4.90 Å². The van der Waals surface area contributed by atoms with Gasteiger partial charge in [0.15, 0.2) is 0 Å². The quantitative estimate of drug-likeness (QED) is 0.849. The van der Waals surface area contributed by atoms with Gasteiger partial charge in [0.2, 0.25) is 0 Å². The molecule has 6 nitrogen and oxygen atoms in total. The van der Waals surface area contributed by atoms with Crippen molar-refractivity contribution in [3.8, 4) is 0 Å². The number of hydrogen-bond acceptors (Lipinski definition) is 5. The number of likely N-dealkylation sites (tertiary alicyclic amines) is 1. The largest absolute Gasteiger partial charge is 0.465 e. The predicted octanol–water partition coefficient (Wildman–Crippen LogP) is 1.73. The van der Waals surface area contributed by atoms with Crippen molar-refractivity contribution in [2.75, 3.05) is 32.8 Å². The minimum Gasteiger partial charge on any atom is -0.465 e. The van der Waals surface area contributed by atoms with Gasteiger partial charge in [-0.3, -0.25) is 14.5 Å². The third kappa shape index (κ3) is 2.69. The highest BCUT2D eigenvalue weighted by atomic mass is 16.7. The van der Waals surface area contributed by atoms with E-state index < -0.39 is 5.41 Å². The number of hydrogen-bond donors (Lipinski definition) is 0. The van der Waals surface area contributed by atoms with Crippen molar-refractivity contribution in [1.82, 2.24) is 9.96 Å². The molecule has 0 unspecified atom stereocenters. The summed E-state index contributed by atoms with van der Waals surface area (Å²) < 4.78 is 11.6. The van der Waals surface area contributed by atoms with E-state index in [0.29, 0.717) is 19.8 Å². The van der Waals surface area contributed by atoms with E-state index in [4.69, 9.17) is 14.0 Å². The smallest absolute Gasteiger partial charge is 0.256 e. The number of fused-ring (bicyclic) bond motifs is 1. The van der Waals surface area contributed by atoms with Crippen LogP contribution in [0.2, 0.25) is 0 Å². The first kappa shape index (κ1) is 15.2. The number of aryl methyl sites for hydroxylation is 1. The molecule has 0 bridgehead atoms. The molecule has 0 N–H and O–H groups in total. The highest BCUT2D eigenvalue weighted by Gasteiger charge is 2.55. The molecular weight excluding hydrogens is 296 g/mol. The number of carbonyl (C=O) groups is 1. The van der Waals surface area contributed by atoms with Crippen LogP contribution in [0.5, 0.6) is 0 Å². The van der Waals surface area contributed by atoms with Crippen LogP contribution in [-0.4, -0.2) is 54.8 Å². The zero-order valence-corrected chi connectivity index (χ0v) is 13.6. The van der Waals surface area contributed by atoms with Gasteiger partial charge in [-0.15, -0.1) is 0 Å². The minimum absolute atomic E-state index is 0.0220. The summed E-state index contributed by atoms with van der Waals surface area (Å²) in [6.07, 6.45) is 2.61. The first-order valence-corrected chi connectivity index (χ1v) is 8.51. The lowest BCUT2D eigenvalue weighted by Crippen LogP contribution is -2.57. The molecule has 0 saturated carbocycles. The van der Waals surface area contributed by atoms with Crippen LogP contribution in [0.1, 0.15) is 30.8 Å². The van der Waals surface area contributed by atoms with E-state index in [-0.39, 0.29) is 12.0 Å². The molecule has 3 fully saturated rings. The lowest BCUT2D eigenvalue weighted by Gasteiger charge is -2.43. The molecule has 1 aromatic heterocycles. The van der Waals surface area contributed by atoms with Crippen molar-refractivity contribution in [2.45, 2.75) is 38.8 Å². The standard InChI is InChI=1S/C17H24N2O4/c1-13-3-4-14(23-13)11-18-8-5-15-17(12-18,6-10-21-15)16(20)19-7-2-9-22-19/h3-4,15H,2,5-12H2,1H3/t15-,17-/m1/s1. The van der Waals surface area contributed by atoms with Crippen molar-refractivity contribution in [3.05, 3.63) is 23.7 Å². The lowest BCUT2D eigenvalue weighted by molar-refractivity contribution is -0.187. The van der Waals surface area contributed by atoms with Crippen molar-refractivity contribution in [2.24, 2.45) is 5.41 Å². The van der Waals surface area contributed by atoms with E-state index in [1.165, 1.54) is 0 Å². The summed E-state index contributed by atoms with van der Waals surface area (Å²) in [5.74, 6) is 1.99. The van der Waals surface area contributed by atoms with Crippen LogP contribution in [0.3, 0.4) is 0 Å². The Morgan fingerprint density at radius 3 is 3.00 bits per heavy atom. The summed E-state index contributed by atoms with van der Waals surface area (Å²) >= 11 is 0. The highest BCUT2D eigenvalue weighted by molar-refractivity contribution is 5.83. The van der Waals surface area contributed by atoms with Crippen molar-refractivity contribution in [3.63, 3.8) is 0 Å². The molecular formula is C17H24N2O4. The average Bonchev–Trinajstić information content (AvgIpc) is 3.27. The molecule has 4 heterocycles. The van der Waals surface area contributed by atoms with E-state index in [1.807, 2.05) is 19.1 Å². The van der Waals surface area contributed by atoms with Crippen LogP contribution in [0, 0.1) is 12.3 Å². The van der Waals surface area contributed by atoms with Gasteiger partial charge in [-0.25, -0.2) is 5.06 Å². The molecule has 3 aliphatic heterocycles. The monoisotopic (exact) mass is 320 g/mol. The van der Waals surface area contributed by atoms with E-state index in [9.17, 15) is 4.79 Å². The normalized spacial score (nSPS) is 31.5. The number of nitrogens with zero attached hydrogens (tertiary/aromatic N) is 2. The maximum Gasteiger partial charge on any atom is 0.256 e. The Kier molecular flexibility index (Phi) is 3.91. The SMILES string of the molecule is Cc1ccc(CN2CC[C@H]3OCC[C@@]3(C(=O)N3CCCO3)C2)o1. The van der Waals surface area contributed by atoms with Gasteiger partial charge in [-0.05, 0) is 38.3 Å². The van der Waals surface area contributed by atoms with Gasteiger partial charge >= 0.3 is 0 Å². The molecule has 0 aromatic carbocycles. The van der Waals surface area contributed by atoms with Crippen molar-refractivity contribution < 1.29 is 18.8 Å². The topological polar surface area (TPSA) is 55.2 Å². The Bertz CT molecular complexity index is 581. The van der Waals surface area contributed by atoms with Gasteiger partial charge in [-0.2, -0.15) is 0 Å². The van der Waals surface area contributed by atoms with Crippen LogP contribution >= 0.6 is 0 Å². The Hall–Kier alpha value is -1.37. The van der Waals surface area contributed by atoms with Crippen LogP contribution in [0.4, 0.5) is 0 Å². The summed E-state index contributed by atoms with van der Waals surface area (Å²) in [6.45, 7) is 6.36. The number of amides is 1. The number of furan rings is 1. The molecule has 3 saturated heterocycles. The lowest BCUT2D eigenvalue weighted by atomic mass is 9.75. The second-order valence-electron chi connectivity index (χ2n) is 6.87. The Labute approximate surface area is 136 Å². The first-order chi connectivity index (χ1) is 11.2. The zero-order chi connectivity index (χ0) is 15.9. The maximum absolute atomic E-state index is 13.1. The Morgan fingerprint density at radius 1 is 1.35 bits per heavy atom. The molecule has 0 aliphatic carbocycles. The number of ether oxygens (including phenoxy) is 1. The summed E-state index contributed by atoms with van der Waals surface area (Å²) in [4.78, 5) is 20.9. The molecule has 4 rings (SSSR count). The summed E-state index contributed by atoms with van der Waals surface area (Å²) in [5, 5.41) is 1.57. The second-order valence-corrected chi connectivity index (χ2v) is 6.87. The van der Waals surface area contributed by atoms with E-state index >= 15 is 0 Å². The minimum atomic E-state index is -0.454. The summed E-state index contributed by atoms with van der Waals surface area (Å²) in [7, 11) is 0. The van der Waals surface area contributed by atoms with Crippen LogP contribution in [-0.2, 0) is 20.9 Å². The molecule has 0 spiro atoms. The third-order valence-electron chi connectivity index (χ3n) is 5.28. The molecule has 126 valence electrons. The van der Waals surface area contributed by atoms with E-state index in [0.717, 1.165) is 50.4 Å². The number of rotatable bonds is 3. The molecule has 3 aliphatic rings. The molecule has 1 amide bonds. The van der Waals surface area contributed by atoms with Crippen molar-refractivity contribution in [1.29, 1.82) is 0 Å². The number of carbonyl (C=O) groups excluding carboxylic acids is 1. The summed E-state index contributed by atoms with van der Waals surface area (Å²) in [5.41, 5.74) is -0.454. The van der Waals surface area contributed by atoms with Gasteiger partial charge in [0.05, 0.1) is 31.2 Å². The van der Waals surface area contributed by atoms with Crippen molar-refractivity contribution >= 4 is 5.91 Å². The maximum atomic E-state index is 13.1. The van der Waals surface area contributed by atoms with Crippen LogP contribution in [0.25, 0.3) is 0 Å². The van der Waals surface area contributed by atoms with Gasteiger partial charge in [0.1, 0.15) is 11.5 Å². The highest BCUT2D eigenvalue weighted by Crippen LogP contribution is 2.43. The Balaban J connectivity index is 1.52.